The molecule has 0 bridgehead atoms. The quantitative estimate of drug-likeness (QED) is 0.688. The number of halogens is 1. The third-order valence-electron chi connectivity index (χ3n) is 3.31. The molecule has 1 heterocycles. The highest BCUT2D eigenvalue weighted by Crippen LogP contribution is 2.31. The van der Waals surface area contributed by atoms with Gasteiger partial charge < -0.3 is 15.3 Å². The number of nitrogens with zero attached hydrogens (tertiary/aromatic N) is 1. The van der Waals surface area contributed by atoms with E-state index in [0.717, 1.165) is 22.3 Å². The summed E-state index contributed by atoms with van der Waals surface area (Å²) in [7, 11) is 0. The zero-order valence-corrected chi connectivity index (χ0v) is 12.3. The van der Waals surface area contributed by atoms with Gasteiger partial charge in [-0.15, -0.1) is 0 Å². The standard InChI is InChI=1S/C17H12ClN3O/c18-15-7-12(10-20)3-6-14(15)17-8-16(21-22-17)13-4-1-11(9-19)2-5-13/h1-10,19-20H. The first-order valence-electron chi connectivity index (χ1n) is 6.59. The number of rotatable bonds is 4. The van der Waals surface area contributed by atoms with Crippen LogP contribution >= 0.6 is 11.6 Å². The lowest BCUT2D eigenvalue weighted by molar-refractivity contribution is 0.435. The predicted octanol–water partition coefficient (Wildman–Crippen LogP) is 4.66. The van der Waals surface area contributed by atoms with E-state index in [0.29, 0.717) is 16.5 Å². The highest BCUT2D eigenvalue weighted by atomic mass is 35.5. The van der Waals surface area contributed by atoms with Crippen LogP contribution in [0, 0.1) is 10.8 Å². The first kappa shape index (κ1) is 14.2. The molecule has 22 heavy (non-hydrogen) atoms. The molecular weight excluding hydrogens is 298 g/mol. The summed E-state index contributed by atoms with van der Waals surface area (Å²) in [6.07, 6.45) is 2.54. The summed E-state index contributed by atoms with van der Waals surface area (Å²) in [6, 6.07) is 14.6. The molecule has 0 aliphatic carbocycles. The predicted molar refractivity (Wildman–Crippen MR) is 88.2 cm³/mol. The fraction of sp³-hybridized carbons (Fsp3) is 0. The normalized spacial score (nSPS) is 10.4. The van der Waals surface area contributed by atoms with Gasteiger partial charge in [-0.1, -0.05) is 47.1 Å². The van der Waals surface area contributed by atoms with Crippen molar-refractivity contribution < 1.29 is 4.52 Å². The van der Waals surface area contributed by atoms with Crippen molar-refractivity contribution in [1.82, 2.24) is 5.16 Å². The van der Waals surface area contributed by atoms with Gasteiger partial charge in [-0.2, -0.15) is 0 Å². The second-order valence-corrected chi connectivity index (χ2v) is 5.13. The van der Waals surface area contributed by atoms with E-state index in [1.54, 1.807) is 12.1 Å². The monoisotopic (exact) mass is 309 g/mol. The molecule has 0 radical (unpaired) electrons. The summed E-state index contributed by atoms with van der Waals surface area (Å²) in [4.78, 5) is 0. The van der Waals surface area contributed by atoms with Crippen LogP contribution in [0.3, 0.4) is 0 Å². The molecule has 0 amide bonds. The third-order valence-corrected chi connectivity index (χ3v) is 3.62. The zero-order valence-electron chi connectivity index (χ0n) is 11.5. The fourth-order valence-electron chi connectivity index (χ4n) is 2.11. The summed E-state index contributed by atoms with van der Waals surface area (Å²) in [5.41, 5.74) is 3.92. The average molecular weight is 310 g/mol. The van der Waals surface area contributed by atoms with E-state index < -0.39 is 0 Å². The number of benzene rings is 2. The molecule has 108 valence electrons. The molecule has 0 saturated carbocycles. The van der Waals surface area contributed by atoms with Crippen LogP contribution in [0.15, 0.2) is 53.1 Å². The van der Waals surface area contributed by atoms with Crippen LogP contribution in [0.4, 0.5) is 0 Å². The first-order valence-corrected chi connectivity index (χ1v) is 6.97. The minimum atomic E-state index is 0.517. The molecule has 0 aliphatic heterocycles. The average Bonchev–Trinajstić information content (AvgIpc) is 3.04. The second kappa shape index (κ2) is 5.95. The van der Waals surface area contributed by atoms with Gasteiger partial charge in [-0.05, 0) is 23.3 Å². The van der Waals surface area contributed by atoms with Crippen molar-refractivity contribution in [2.45, 2.75) is 0 Å². The lowest BCUT2D eigenvalue weighted by atomic mass is 10.1. The molecule has 0 fully saturated rings. The Hall–Kier alpha value is -2.72. The Balaban J connectivity index is 1.96. The number of hydrogen-bond donors (Lipinski definition) is 2. The minimum absolute atomic E-state index is 0.517. The van der Waals surface area contributed by atoms with Crippen LogP contribution in [0.1, 0.15) is 11.1 Å². The van der Waals surface area contributed by atoms with Gasteiger partial charge in [0.05, 0.1) is 5.02 Å². The smallest absolute Gasteiger partial charge is 0.168 e. The van der Waals surface area contributed by atoms with Gasteiger partial charge in [-0.3, -0.25) is 0 Å². The Morgan fingerprint density at radius 3 is 2.23 bits per heavy atom. The van der Waals surface area contributed by atoms with Gasteiger partial charge in [-0.25, -0.2) is 0 Å². The van der Waals surface area contributed by atoms with Crippen LogP contribution < -0.4 is 0 Å². The van der Waals surface area contributed by atoms with Gasteiger partial charge in [0, 0.05) is 29.6 Å². The van der Waals surface area contributed by atoms with E-state index in [1.165, 1.54) is 12.4 Å². The van der Waals surface area contributed by atoms with E-state index in [2.05, 4.69) is 5.16 Å². The summed E-state index contributed by atoms with van der Waals surface area (Å²) in [6.45, 7) is 0. The van der Waals surface area contributed by atoms with Crippen molar-refractivity contribution in [1.29, 1.82) is 10.8 Å². The molecule has 2 N–H and O–H groups in total. The maximum absolute atomic E-state index is 7.23. The molecule has 0 saturated heterocycles. The number of aromatic nitrogens is 1. The largest absolute Gasteiger partial charge is 0.356 e. The number of hydrogen-bond acceptors (Lipinski definition) is 4. The lowest BCUT2D eigenvalue weighted by Gasteiger charge is -2.00. The summed E-state index contributed by atoms with van der Waals surface area (Å²) in [5, 5.41) is 19.0. The van der Waals surface area contributed by atoms with Crippen LogP contribution in [-0.4, -0.2) is 17.6 Å². The molecule has 0 spiro atoms. The van der Waals surface area contributed by atoms with Crippen molar-refractivity contribution in [3.8, 4) is 22.6 Å². The summed E-state index contributed by atoms with van der Waals surface area (Å²) >= 11 is 6.22. The van der Waals surface area contributed by atoms with E-state index >= 15 is 0 Å². The van der Waals surface area contributed by atoms with E-state index in [1.807, 2.05) is 36.4 Å². The molecule has 3 rings (SSSR count). The molecule has 4 nitrogen and oxygen atoms in total. The highest BCUT2D eigenvalue weighted by Gasteiger charge is 2.11. The lowest BCUT2D eigenvalue weighted by Crippen LogP contribution is -1.82. The Morgan fingerprint density at radius 2 is 1.59 bits per heavy atom. The first-order chi connectivity index (χ1) is 10.7. The van der Waals surface area contributed by atoms with E-state index in [4.69, 9.17) is 26.9 Å². The van der Waals surface area contributed by atoms with Gasteiger partial charge in [0.1, 0.15) is 5.69 Å². The SMILES string of the molecule is N=Cc1ccc(-c2cc(-c3ccc(C=N)cc3Cl)on2)cc1. The van der Waals surface area contributed by atoms with Gasteiger partial charge in [0.15, 0.2) is 5.76 Å². The van der Waals surface area contributed by atoms with E-state index in [-0.39, 0.29) is 0 Å². The molecule has 0 aliphatic rings. The highest BCUT2D eigenvalue weighted by molar-refractivity contribution is 6.33. The zero-order chi connectivity index (χ0) is 15.5. The topological polar surface area (TPSA) is 73.7 Å². The van der Waals surface area contributed by atoms with Crippen LogP contribution in [0.2, 0.25) is 5.02 Å². The van der Waals surface area contributed by atoms with Crippen molar-refractivity contribution in [3.63, 3.8) is 0 Å². The van der Waals surface area contributed by atoms with Crippen molar-refractivity contribution in [2.75, 3.05) is 0 Å². The summed E-state index contributed by atoms with van der Waals surface area (Å²) in [5.74, 6) is 0.577. The van der Waals surface area contributed by atoms with E-state index in [9.17, 15) is 0 Å². The Kier molecular flexibility index (Phi) is 3.85. The van der Waals surface area contributed by atoms with Crippen LogP contribution in [0.25, 0.3) is 22.6 Å². The van der Waals surface area contributed by atoms with Crippen molar-refractivity contribution in [3.05, 3.63) is 64.7 Å². The van der Waals surface area contributed by atoms with Crippen LogP contribution in [0.5, 0.6) is 0 Å². The van der Waals surface area contributed by atoms with Crippen molar-refractivity contribution >= 4 is 24.0 Å². The molecular formula is C17H12ClN3O. The maximum atomic E-state index is 7.23. The molecule has 0 atom stereocenters. The minimum Gasteiger partial charge on any atom is -0.356 e. The molecule has 2 aromatic carbocycles. The van der Waals surface area contributed by atoms with Gasteiger partial charge in [0.2, 0.25) is 0 Å². The molecule has 5 heteroatoms. The second-order valence-electron chi connectivity index (χ2n) is 4.73. The molecule has 3 aromatic rings. The van der Waals surface area contributed by atoms with Gasteiger partial charge in [0.25, 0.3) is 0 Å². The Bertz CT molecular complexity index is 837. The fourth-order valence-corrected chi connectivity index (χ4v) is 2.39. The third kappa shape index (κ3) is 2.69. The number of nitrogens with one attached hydrogen (secondary N) is 2. The van der Waals surface area contributed by atoms with Crippen LogP contribution in [-0.2, 0) is 0 Å². The molecule has 1 aromatic heterocycles. The Labute approximate surface area is 132 Å². The molecule has 0 unspecified atom stereocenters. The van der Waals surface area contributed by atoms with Gasteiger partial charge >= 0.3 is 0 Å². The summed E-state index contributed by atoms with van der Waals surface area (Å²) < 4.78 is 5.38. The Morgan fingerprint density at radius 1 is 0.909 bits per heavy atom. The van der Waals surface area contributed by atoms with Crippen molar-refractivity contribution in [2.24, 2.45) is 0 Å². The maximum Gasteiger partial charge on any atom is 0.168 e.